The Bertz CT molecular complexity index is 394. The Labute approximate surface area is 119 Å². The van der Waals surface area contributed by atoms with Gasteiger partial charge in [0.25, 0.3) is 0 Å². The molecule has 1 heterocycles. The Balaban J connectivity index is 2.93. The summed E-state index contributed by atoms with van der Waals surface area (Å²) >= 11 is 0. The smallest absolute Gasteiger partial charge is 0.169 e. The zero-order valence-corrected chi connectivity index (χ0v) is 12.6. The highest BCUT2D eigenvalue weighted by atomic mass is 16.5. The monoisotopic (exact) mass is 284 g/mol. The molecule has 0 fully saturated rings. The first-order chi connectivity index (χ1) is 9.60. The van der Waals surface area contributed by atoms with Crippen LogP contribution in [0.1, 0.15) is 0 Å². The lowest BCUT2D eigenvalue weighted by atomic mass is 10.3. The molecule has 8 heteroatoms. The predicted octanol–water partition coefficient (Wildman–Crippen LogP) is 0.0465. The molecule has 0 radical (unpaired) electrons. The van der Waals surface area contributed by atoms with Crippen molar-refractivity contribution in [3.8, 4) is 0 Å². The van der Waals surface area contributed by atoms with Gasteiger partial charge in [-0.3, -0.25) is 0 Å². The Morgan fingerprint density at radius 1 is 1.15 bits per heavy atom. The van der Waals surface area contributed by atoms with E-state index in [4.69, 9.17) is 15.2 Å². The number of hydrazine groups is 1. The van der Waals surface area contributed by atoms with Crippen LogP contribution >= 0.6 is 0 Å². The SMILES string of the molecule is COCCN(CCOC)c1ncnc(NN(C)C)c1N. The van der Waals surface area contributed by atoms with Crippen molar-refractivity contribution in [1.82, 2.24) is 15.0 Å². The number of methoxy groups -OCH3 is 2. The molecule has 0 aromatic carbocycles. The molecule has 0 unspecified atom stereocenters. The second-order valence-electron chi connectivity index (χ2n) is 4.44. The van der Waals surface area contributed by atoms with Gasteiger partial charge in [0.2, 0.25) is 0 Å². The van der Waals surface area contributed by atoms with Crippen LogP contribution in [0, 0.1) is 0 Å². The first-order valence-corrected chi connectivity index (χ1v) is 6.37. The maximum atomic E-state index is 6.14. The second-order valence-corrected chi connectivity index (χ2v) is 4.44. The van der Waals surface area contributed by atoms with Gasteiger partial charge in [0, 0.05) is 41.4 Å². The molecule has 0 aliphatic carbocycles. The third kappa shape index (κ3) is 4.80. The summed E-state index contributed by atoms with van der Waals surface area (Å²) < 4.78 is 10.2. The van der Waals surface area contributed by atoms with Crippen LogP contribution in [0.2, 0.25) is 0 Å². The van der Waals surface area contributed by atoms with Crippen LogP contribution in [0.25, 0.3) is 0 Å². The van der Waals surface area contributed by atoms with E-state index >= 15 is 0 Å². The van der Waals surface area contributed by atoms with Crippen molar-refractivity contribution >= 4 is 17.3 Å². The van der Waals surface area contributed by atoms with Crippen LogP contribution in [0.3, 0.4) is 0 Å². The normalized spacial score (nSPS) is 10.8. The van der Waals surface area contributed by atoms with Crippen molar-refractivity contribution in [3.63, 3.8) is 0 Å². The van der Waals surface area contributed by atoms with Gasteiger partial charge in [0.1, 0.15) is 12.0 Å². The average molecular weight is 284 g/mol. The Hall–Kier alpha value is -1.64. The summed E-state index contributed by atoms with van der Waals surface area (Å²) in [5.74, 6) is 1.26. The van der Waals surface area contributed by atoms with Crippen molar-refractivity contribution in [2.75, 3.05) is 70.7 Å². The molecule has 0 bridgehead atoms. The first-order valence-electron chi connectivity index (χ1n) is 6.37. The molecule has 1 aromatic heterocycles. The Morgan fingerprint density at radius 2 is 1.75 bits per heavy atom. The summed E-state index contributed by atoms with van der Waals surface area (Å²) in [5.41, 5.74) is 9.69. The van der Waals surface area contributed by atoms with Crippen LogP contribution in [-0.4, -0.2) is 69.6 Å². The molecule has 0 spiro atoms. The maximum absolute atomic E-state index is 6.14. The van der Waals surface area contributed by atoms with E-state index < -0.39 is 0 Å². The van der Waals surface area contributed by atoms with E-state index in [9.17, 15) is 0 Å². The molecule has 1 aromatic rings. The van der Waals surface area contributed by atoms with E-state index in [0.29, 0.717) is 43.6 Å². The van der Waals surface area contributed by atoms with E-state index in [0.717, 1.165) is 0 Å². The highest BCUT2D eigenvalue weighted by Gasteiger charge is 2.15. The van der Waals surface area contributed by atoms with E-state index in [-0.39, 0.29) is 0 Å². The molecule has 3 N–H and O–H groups in total. The number of hydrogen-bond acceptors (Lipinski definition) is 8. The molecular weight excluding hydrogens is 260 g/mol. The Kier molecular flexibility index (Phi) is 6.99. The van der Waals surface area contributed by atoms with Gasteiger partial charge in [0.05, 0.1) is 13.2 Å². The summed E-state index contributed by atoms with van der Waals surface area (Å²) in [6, 6.07) is 0. The molecule has 1 rings (SSSR count). The highest BCUT2D eigenvalue weighted by molar-refractivity contribution is 5.74. The zero-order valence-electron chi connectivity index (χ0n) is 12.6. The molecular formula is C12H24N6O2. The average Bonchev–Trinajstić information content (AvgIpc) is 2.41. The first kappa shape index (κ1) is 16.4. The molecule has 0 atom stereocenters. The van der Waals surface area contributed by atoms with Crippen molar-refractivity contribution in [1.29, 1.82) is 0 Å². The van der Waals surface area contributed by atoms with Gasteiger partial charge >= 0.3 is 0 Å². The zero-order chi connectivity index (χ0) is 15.0. The van der Waals surface area contributed by atoms with Crippen molar-refractivity contribution in [2.45, 2.75) is 0 Å². The van der Waals surface area contributed by atoms with Gasteiger partial charge in [-0.2, -0.15) is 0 Å². The standard InChI is InChI=1S/C12H24N6O2/c1-17(2)16-11-10(13)12(15-9-14-11)18(5-7-19-3)6-8-20-4/h9H,5-8,13H2,1-4H3,(H,14,15,16). The van der Waals surface area contributed by atoms with Gasteiger partial charge in [0.15, 0.2) is 11.6 Å². The molecule has 0 saturated heterocycles. The van der Waals surface area contributed by atoms with E-state index in [1.807, 2.05) is 19.0 Å². The molecule has 0 amide bonds. The van der Waals surface area contributed by atoms with E-state index in [1.54, 1.807) is 19.2 Å². The van der Waals surface area contributed by atoms with Gasteiger partial charge in [-0.1, -0.05) is 0 Å². The van der Waals surface area contributed by atoms with E-state index in [1.165, 1.54) is 6.33 Å². The second kappa shape index (κ2) is 8.51. The number of rotatable bonds is 9. The third-order valence-corrected chi connectivity index (χ3v) is 2.62. The number of nitrogens with zero attached hydrogens (tertiary/aromatic N) is 4. The number of ether oxygens (including phenoxy) is 2. The molecule has 0 saturated carbocycles. The van der Waals surface area contributed by atoms with Gasteiger partial charge < -0.3 is 25.5 Å². The van der Waals surface area contributed by atoms with Crippen molar-refractivity contribution in [3.05, 3.63) is 6.33 Å². The lowest BCUT2D eigenvalue weighted by molar-refractivity contribution is 0.190. The van der Waals surface area contributed by atoms with Crippen molar-refractivity contribution < 1.29 is 9.47 Å². The van der Waals surface area contributed by atoms with Gasteiger partial charge in [-0.15, -0.1) is 0 Å². The van der Waals surface area contributed by atoms with Crippen LogP contribution in [0.5, 0.6) is 0 Å². The minimum Gasteiger partial charge on any atom is -0.393 e. The summed E-state index contributed by atoms with van der Waals surface area (Å²) in [7, 11) is 7.07. The fourth-order valence-corrected chi connectivity index (χ4v) is 1.67. The van der Waals surface area contributed by atoms with Crippen molar-refractivity contribution in [2.24, 2.45) is 0 Å². The Morgan fingerprint density at radius 3 is 2.25 bits per heavy atom. The quantitative estimate of drug-likeness (QED) is 0.615. The third-order valence-electron chi connectivity index (χ3n) is 2.62. The highest BCUT2D eigenvalue weighted by Crippen LogP contribution is 2.25. The van der Waals surface area contributed by atoms with Crippen LogP contribution in [0.4, 0.5) is 17.3 Å². The number of nitrogen functional groups attached to an aromatic ring is 1. The maximum Gasteiger partial charge on any atom is 0.169 e. The van der Waals surface area contributed by atoms with Crippen LogP contribution in [0.15, 0.2) is 6.33 Å². The topological polar surface area (TPSA) is 88.8 Å². The molecule has 20 heavy (non-hydrogen) atoms. The summed E-state index contributed by atoms with van der Waals surface area (Å²) in [6.07, 6.45) is 1.49. The fraction of sp³-hybridized carbons (Fsp3) is 0.667. The molecule has 0 aliphatic rings. The summed E-state index contributed by atoms with van der Waals surface area (Å²) in [4.78, 5) is 10.4. The molecule has 0 aliphatic heterocycles. The fourth-order valence-electron chi connectivity index (χ4n) is 1.67. The summed E-state index contributed by atoms with van der Waals surface area (Å²) in [5, 5.41) is 1.77. The number of anilines is 3. The minimum absolute atomic E-state index is 0.508. The number of nitrogens with two attached hydrogens (primary N) is 1. The number of hydrogen-bond donors (Lipinski definition) is 2. The largest absolute Gasteiger partial charge is 0.393 e. The predicted molar refractivity (Wildman–Crippen MR) is 79.7 cm³/mol. The summed E-state index contributed by atoms with van der Waals surface area (Å²) in [6.45, 7) is 2.54. The number of nitrogens with one attached hydrogen (secondary N) is 1. The minimum atomic E-state index is 0.508. The van der Waals surface area contributed by atoms with E-state index in [2.05, 4.69) is 15.4 Å². The lowest BCUT2D eigenvalue weighted by Crippen LogP contribution is -2.32. The van der Waals surface area contributed by atoms with Gasteiger partial charge in [-0.25, -0.2) is 15.0 Å². The molecule has 8 nitrogen and oxygen atoms in total. The van der Waals surface area contributed by atoms with Crippen LogP contribution in [-0.2, 0) is 9.47 Å². The van der Waals surface area contributed by atoms with Gasteiger partial charge in [-0.05, 0) is 0 Å². The molecule has 114 valence electrons. The van der Waals surface area contributed by atoms with Crippen LogP contribution < -0.4 is 16.1 Å². The number of aromatic nitrogens is 2. The lowest BCUT2D eigenvalue weighted by Gasteiger charge is -2.25.